The minimum atomic E-state index is -0.197. The molecule has 17 heavy (non-hydrogen) atoms. The lowest BCUT2D eigenvalue weighted by atomic mass is 9.93. The van der Waals surface area contributed by atoms with Crippen molar-refractivity contribution in [3.05, 3.63) is 29.7 Å². The van der Waals surface area contributed by atoms with Crippen LogP contribution >= 0.6 is 0 Å². The predicted molar refractivity (Wildman–Crippen MR) is 65.5 cm³/mol. The number of hydrogen-bond acceptors (Lipinski definition) is 2. The SMILES string of the molecule is Cn1nc(C2CCNCC2)c2ccc(F)cc21. The fourth-order valence-corrected chi connectivity index (χ4v) is 2.66. The van der Waals surface area contributed by atoms with E-state index in [1.165, 1.54) is 6.07 Å². The molecule has 2 heterocycles. The van der Waals surface area contributed by atoms with Gasteiger partial charge in [0.05, 0.1) is 11.2 Å². The van der Waals surface area contributed by atoms with Crippen LogP contribution in [0.2, 0.25) is 0 Å². The summed E-state index contributed by atoms with van der Waals surface area (Å²) < 4.78 is 15.0. The van der Waals surface area contributed by atoms with Crippen LogP contribution in [0.4, 0.5) is 4.39 Å². The average molecular weight is 233 g/mol. The highest BCUT2D eigenvalue weighted by molar-refractivity contribution is 5.82. The van der Waals surface area contributed by atoms with E-state index < -0.39 is 0 Å². The maximum atomic E-state index is 13.2. The molecule has 0 unspecified atom stereocenters. The van der Waals surface area contributed by atoms with Crippen molar-refractivity contribution in [3.63, 3.8) is 0 Å². The molecule has 1 aliphatic rings. The lowest BCUT2D eigenvalue weighted by Crippen LogP contribution is -2.26. The molecular weight excluding hydrogens is 217 g/mol. The number of nitrogens with zero attached hydrogens (tertiary/aromatic N) is 2. The Morgan fingerprint density at radius 2 is 2.12 bits per heavy atom. The van der Waals surface area contributed by atoms with Crippen LogP contribution in [0, 0.1) is 5.82 Å². The first kappa shape index (κ1) is 10.7. The molecule has 0 saturated carbocycles. The van der Waals surface area contributed by atoms with Crippen LogP contribution in [-0.2, 0) is 7.05 Å². The number of nitrogens with one attached hydrogen (secondary N) is 1. The van der Waals surface area contributed by atoms with E-state index in [0.717, 1.165) is 42.5 Å². The molecule has 1 saturated heterocycles. The normalized spacial score (nSPS) is 17.8. The van der Waals surface area contributed by atoms with E-state index in [0.29, 0.717) is 5.92 Å². The number of benzene rings is 1. The van der Waals surface area contributed by atoms with Gasteiger partial charge in [-0.1, -0.05) is 0 Å². The molecule has 0 radical (unpaired) electrons. The quantitative estimate of drug-likeness (QED) is 0.818. The second-order valence-corrected chi connectivity index (χ2v) is 4.69. The van der Waals surface area contributed by atoms with Crippen LogP contribution in [0.25, 0.3) is 10.9 Å². The smallest absolute Gasteiger partial charge is 0.125 e. The molecule has 3 nitrogen and oxygen atoms in total. The molecule has 3 rings (SSSR count). The molecule has 1 aromatic heterocycles. The molecule has 90 valence electrons. The van der Waals surface area contributed by atoms with Gasteiger partial charge in [0, 0.05) is 18.4 Å². The highest BCUT2D eigenvalue weighted by Gasteiger charge is 2.21. The first-order valence-corrected chi connectivity index (χ1v) is 6.08. The second kappa shape index (κ2) is 4.11. The third-order valence-corrected chi connectivity index (χ3v) is 3.57. The minimum Gasteiger partial charge on any atom is -0.317 e. The molecule has 1 fully saturated rings. The van der Waals surface area contributed by atoms with Gasteiger partial charge in [-0.15, -0.1) is 0 Å². The molecular formula is C13H16FN3. The fraction of sp³-hybridized carbons (Fsp3) is 0.462. The average Bonchev–Trinajstić information content (AvgIpc) is 2.68. The largest absolute Gasteiger partial charge is 0.317 e. The lowest BCUT2D eigenvalue weighted by Gasteiger charge is -2.21. The predicted octanol–water partition coefficient (Wildman–Crippen LogP) is 2.18. The number of aromatic nitrogens is 2. The zero-order chi connectivity index (χ0) is 11.8. The highest BCUT2D eigenvalue weighted by atomic mass is 19.1. The number of halogens is 1. The summed E-state index contributed by atoms with van der Waals surface area (Å²) in [4.78, 5) is 0. The number of piperidine rings is 1. The maximum Gasteiger partial charge on any atom is 0.125 e. The molecule has 0 aliphatic carbocycles. The zero-order valence-corrected chi connectivity index (χ0v) is 9.91. The molecule has 4 heteroatoms. The first-order valence-electron chi connectivity index (χ1n) is 6.08. The first-order chi connectivity index (χ1) is 8.25. The van der Waals surface area contributed by atoms with Crippen molar-refractivity contribution in [3.8, 4) is 0 Å². The van der Waals surface area contributed by atoms with Crippen molar-refractivity contribution in [1.29, 1.82) is 0 Å². The zero-order valence-electron chi connectivity index (χ0n) is 9.91. The van der Waals surface area contributed by atoms with Gasteiger partial charge in [-0.2, -0.15) is 5.10 Å². The molecule has 0 atom stereocenters. The van der Waals surface area contributed by atoms with Gasteiger partial charge in [0.25, 0.3) is 0 Å². The summed E-state index contributed by atoms with van der Waals surface area (Å²) in [6, 6.07) is 4.94. The minimum absolute atomic E-state index is 0.197. The number of aryl methyl sites for hydroxylation is 1. The van der Waals surface area contributed by atoms with E-state index in [4.69, 9.17) is 0 Å². The summed E-state index contributed by atoms with van der Waals surface area (Å²) in [6.07, 6.45) is 2.23. The van der Waals surface area contributed by atoms with Crippen molar-refractivity contribution in [1.82, 2.24) is 15.1 Å². The molecule has 0 spiro atoms. The summed E-state index contributed by atoms with van der Waals surface area (Å²) in [7, 11) is 1.88. The summed E-state index contributed by atoms with van der Waals surface area (Å²) >= 11 is 0. The van der Waals surface area contributed by atoms with Gasteiger partial charge in [-0.25, -0.2) is 4.39 Å². The van der Waals surface area contributed by atoms with E-state index in [1.807, 2.05) is 13.1 Å². The summed E-state index contributed by atoms with van der Waals surface area (Å²) in [5.41, 5.74) is 2.02. The van der Waals surface area contributed by atoms with Crippen LogP contribution in [-0.4, -0.2) is 22.9 Å². The van der Waals surface area contributed by atoms with E-state index in [-0.39, 0.29) is 5.82 Å². The number of rotatable bonds is 1. The van der Waals surface area contributed by atoms with E-state index in [2.05, 4.69) is 10.4 Å². The monoisotopic (exact) mass is 233 g/mol. The van der Waals surface area contributed by atoms with Gasteiger partial charge < -0.3 is 5.32 Å². The summed E-state index contributed by atoms with van der Waals surface area (Å²) in [5.74, 6) is 0.308. The Labute approximate surface area is 99.6 Å². The van der Waals surface area contributed by atoms with Gasteiger partial charge in [0.15, 0.2) is 0 Å². The van der Waals surface area contributed by atoms with Crippen molar-refractivity contribution >= 4 is 10.9 Å². The Kier molecular flexibility index (Phi) is 2.59. The number of hydrogen-bond donors (Lipinski definition) is 1. The van der Waals surface area contributed by atoms with Crippen molar-refractivity contribution in [2.24, 2.45) is 7.05 Å². The second-order valence-electron chi connectivity index (χ2n) is 4.69. The van der Waals surface area contributed by atoms with E-state index in [9.17, 15) is 4.39 Å². The maximum absolute atomic E-state index is 13.2. The molecule has 1 aromatic carbocycles. The highest BCUT2D eigenvalue weighted by Crippen LogP contribution is 2.30. The topological polar surface area (TPSA) is 29.9 Å². The fourth-order valence-electron chi connectivity index (χ4n) is 2.66. The Bertz CT molecular complexity index is 541. The molecule has 2 aromatic rings. The van der Waals surface area contributed by atoms with Crippen LogP contribution in [0.1, 0.15) is 24.5 Å². The molecule has 1 N–H and O–H groups in total. The standard InChI is InChI=1S/C13H16FN3/c1-17-12-8-10(14)2-3-11(12)13(16-17)9-4-6-15-7-5-9/h2-3,8-9,15H,4-7H2,1H3. The van der Waals surface area contributed by atoms with Gasteiger partial charge in [0.1, 0.15) is 5.82 Å². The van der Waals surface area contributed by atoms with Crippen molar-refractivity contribution < 1.29 is 4.39 Å². The van der Waals surface area contributed by atoms with Gasteiger partial charge >= 0.3 is 0 Å². The summed E-state index contributed by atoms with van der Waals surface area (Å²) in [6.45, 7) is 2.09. The van der Waals surface area contributed by atoms with Crippen LogP contribution in [0.3, 0.4) is 0 Å². The van der Waals surface area contributed by atoms with E-state index in [1.54, 1.807) is 10.7 Å². The van der Waals surface area contributed by atoms with E-state index >= 15 is 0 Å². The van der Waals surface area contributed by atoms with Crippen LogP contribution in [0.5, 0.6) is 0 Å². The molecule has 0 bridgehead atoms. The van der Waals surface area contributed by atoms with Crippen LogP contribution in [0.15, 0.2) is 18.2 Å². The number of fused-ring (bicyclic) bond motifs is 1. The third kappa shape index (κ3) is 1.82. The lowest BCUT2D eigenvalue weighted by molar-refractivity contribution is 0.452. The molecule has 1 aliphatic heterocycles. The van der Waals surface area contributed by atoms with Crippen molar-refractivity contribution in [2.45, 2.75) is 18.8 Å². The Morgan fingerprint density at radius 1 is 1.35 bits per heavy atom. The van der Waals surface area contributed by atoms with Crippen molar-refractivity contribution in [2.75, 3.05) is 13.1 Å². The Balaban J connectivity index is 2.10. The van der Waals surface area contributed by atoms with Gasteiger partial charge in [-0.3, -0.25) is 4.68 Å². The summed E-state index contributed by atoms with van der Waals surface area (Å²) in [5, 5.41) is 9.03. The van der Waals surface area contributed by atoms with Gasteiger partial charge in [-0.05, 0) is 44.1 Å². The third-order valence-electron chi connectivity index (χ3n) is 3.57. The Hall–Kier alpha value is -1.42. The molecule has 0 amide bonds. The Morgan fingerprint density at radius 3 is 2.88 bits per heavy atom. The van der Waals surface area contributed by atoms with Crippen LogP contribution < -0.4 is 5.32 Å². The van der Waals surface area contributed by atoms with Gasteiger partial charge in [0.2, 0.25) is 0 Å².